The molecule has 1 atom stereocenters. The highest BCUT2D eigenvalue weighted by Crippen LogP contribution is 2.25. The van der Waals surface area contributed by atoms with Crippen LogP contribution in [0, 0.1) is 0 Å². The third-order valence-corrected chi connectivity index (χ3v) is 5.05. The summed E-state index contributed by atoms with van der Waals surface area (Å²) < 4.78 is 7.46. The molecule has 1 saturated heterocycles. The number of carbonyl (C=O) groups excluding carboxylic acids is 1. The number of carbonyl (C=O) groups is 1. The van der Waals surface area contributed by atoms with Crippen LogP contribution < -0.4 is 10.1 Å². The molecule has 1 N–H and O–H groups in total. The molecule has 1 amide bonds. The minimum Gasteiger partial charge on any atom is -0.473 e. The summed E-state index contributed by atoms with van der Waals surface area (Å²) in [6.07, 6.45) is 4.22. The van der Waals surface area contributed by atoms with E-state index in [-0.39, 0.29) is 12.0 Å². The molecule has 9 heteroatoms. The van der Waals surface area contributed by atoms with E-state index in [1.165, 1.54) is 11.0 Å². The van der Waals surface area contributed by atoms with E-state index in [0.29, 0.717) is 17.1 Å². The molecule has 1 aliphatic rings. The minimum atomic E-state index is -0.256. The number of amides is 1. The highest BCUT2D eigenvalue weighted by atomic mass is 32.2. The Morgan fingerprint density at radius 3 is 2.88 bits per heavy atom. The van der Waals surface area contributed by atoms with Crippen molar-refractivity contribution in [1.29, 1.82) is 0 Å². The van der Waals surface area contributed by atoms with Crippen molar-refractivity contribution >= 4 is 23.4 Å². The summed E-state index contributed by atoms with van der Waals surface area (Å²) >= 11 is 1.85. The van der Waals surface area contributed by atoms with Crippen molar-refractivity contribution in [2.45, 2.75) is 12.5 Å². The van der Waals surface area contributed by atoms with Gasteiger partial charge in [0.25, 0.3) is 5.91 Å². The zero-order valence-electron chi connectivity index (χ0n) is 13.8. The maximum absolute atomic E-state index is 12.6. The Kier molecular flexibility index (Phi) is 4.78. The highest BCUT2D eigenvalue weighted by molar-refractivity contribution is 7.99. The molecule has 0 unspecified atom stereocenters. The molecule has 0 radical (unpaired) electrons. The summed E-state index contributed by atoms with van der Waals surface area (Å²) in [5.41, 5.74) is 1.89. The number of hydrogen-bond acceptors (Lipinski definition) is 7. The van der Waals surface area contributed by atoms with Crippen LogP contribution >= 0.6 is 11.8 Å². The van der Waals surface area contributed by atoms with Crippen LogP contribution in [0.2, 0.25) is 0 Å². The van der Waals surface area contributed by atoms with Crippen LogP contribution in [0.5, 0.6) is 5.88 Å². The van der Waals surface area contributed by atoms with E-state index in [0.717, 1.165) is 23.6 Å². The van der Waals surface area contributed by atoms with Crippen LogP contribution in [0.4, 0.5) is 5.69 Å². The quantitative estimate of drug-likeness (QED) is 0.737. The van der Waals surface area contributed by atoms with E-state index in [1.54, 1.807) is 30.5 Å². The van der Waals surface area contributed by atoms with Gasteiger partial charge in [0.05, 0.1) is 5.69 Å². The summed E-state index contributed by atoms with van der Waals surface area (Å²) in [4.78, 5) is 16.9. The lowest BCUT2D eigenvalue weighted by atomic mass is 10.2. The summed E-state index contributed by atoms with van der Waals surface area (Å²) in [6.45, 7) is 0. The Bertz CT molecular complexity index is 879. The molecule has 4 rings (SSSR count). The zero-order chi connectivity index (χ0) is 17.8. The molecule has 1 aliphatic heterocycles. The van der Waals surface area contributed by atoms with Gasteiger partial charge in [0.2, 0.25) is 5.88 Å². The van der Waals surface area contributed by atoms with Crippen LogP contribution in [-0.4, -0.2) is 48.7 Å². The lowest BCUT2D eigenvalue weighted by molar-refractivity contribution is 0.101. The summed E-state index contributed by atoms with van der Waals surface area (Å²) in [7, 11) is 0. The van der Waals surface area contributed by atoms with Gasteiger partial charge in [-0.2, -0.15) is 11.8 Å². The summed E-state index contributed by atoms with van der Waals surface area (Å²) in [6, 6.07) is 10.7. The van der Waals surface area contributed by atoms with Crippen LogP contribution in [0.1, 0.15) is 16.8 Å². The standard InChI is InChI=1S/C17H16N6O2S/c24-16(15-2-1-8-18-17(15)25-14-7-9-26-10-14)20-12-3-5-13(6-4-12)23-11-19-21-22-23/h1-6,8,11,14H,7,9-10H2,(H,20,24)/t14-/m1/s1. The molecular weight excluding hydrogens is 352 g/mol. The van der Waals surface area contributed by atoms with Crippen LogP contribution in [0.3, 0.4) is 0 Å². The minimum absolute atomic E-state index is 0.108. The smallest absolute Gasteiger partial charge is 0.261 e. The molecule has 1 fully saturated rings. The highest BCUT2D eigenvalue weighted by Gasteiger charge is 2.21. The number of rotatable bonds is 5. The predicted molar refractivity (Wildman–Crippen MR) is 97.7 cm³/mol. The number of pyridine rings is 1. The summed E-state index contributed by atoms with van der Waals surface area (Å²) in [5, 5.41) is 13.9. The van der Waals surface area contributed by atoms with Crippen molar-refractivity contribution in [3.63, 3.8) is 0 Å². The Hall–Kier alpha value is -2.94. The summed E-state index contributed by atoms with van der Waals surface area (Å²) in [5.74, 6) is 2.12. The number of thioether (sulfide) groups is 1. The zero-order valence-corrected chi connectivity index (χ0v) is 14.6. The molecule has 3 heterocycles. The number of ether oxygens (including phenoxy) is 1. The fourth-order valence-electron chi connectivity index (χ4n) is 2.60. The number of benzene rings is 1. The number of hydrogen-bond donors (Lipinski definition) is 1. The largest absolute Gasteiger partial charge is 0.473 e. The number of aromatic nitrogens is 5. The predicted octanol–water partition coefficient (Wildman–Crippen LogP) is 2.19. The van der Waals surface area contributed by atoms with Crippen LogP contribution in [0.25, 0.3) is 5.69 Å². The molecule has 0 saturated carbocycles. The molecule has 2 aromatic heterocycles. The number of tetrazole rings is 1. The van der Waals surface area contributed by atoms with Gasteiger partial charge in [0.1, 0.15) is 18.0 Å². The number of anilines is 1. The molecule has 0 aliphatic carbocycles. The second-order valence-electron chi connectivity index (χ2n) is 5.71. The van der Waals surface area contributed by atoms with Crippen LogP contribution in [-0.2, 0) is 0 Å². The normalized spacial score (nSPS) is 16.4. The molecule has 3 aromatic rings. The van der Waals surface area contributed by atoms with Gasteiger partial charge in [-0.15, -0.1) is 5.10 Å². The van der Waals surface area contributed by atoms with Gasteiger partial charge in [0, 0.05) is 17.6 Å². The van der Waals surface area contributed by atoms with Crippen LogP contribution in [0.15, 0.2) is 48.9 Å². The van der Waals surface area contributed by atoms with E-state index in [4.69, 9.17) is 4.74 Å². The Balaban J connectivity index is 1.48. The SMILES string of the molecule is O=C(Nc1ccc(-n2cnnn2)cc1)c1cccnc1O[C@@H]1CCSC1. The third kappa shape index (κ3) is 3.67. The van der Waals surface area contributed by atoms with Crippen molar-refractivity contribution < 1.29 is 9.53 Å². The van der Waals surface area contributed by atoms with Crippen molar-refractivity contribution in [2.24, 2.45) is 0 Å². The Morgan fingerprint density at radius 1 is 1.27 bits per heavy atom. The van der Waals surface area contributed by atoms with E-state index in [2.05, 4.69) is 25.8 Å². The Morgan fingerprint density at radius 2 is 2.15 bits per heavy atom. The third-order valence-electron chi connectivity index (χ3n) is 3.92. The first-order chi connectivity index (χ1) is 12.8. The average Bonchev–Trinajstić information content (AvgIpc) is 3.37. The first kappa shape index (κ1) is 16.5. The molecule has 132 valence electrons. The lowest BCUT2D eigenvalue weighted by Gasteiger charge is -2.14. The van der Waals surface area contributed by atoms with E-state index < -0.39 is 0 Å². The first-order valence-electron chi connectivity index (χ1n) is 8.14. The van der Waals surface area contributed by atoms with Gasteiger partial charge in [-0.05, 0) is 59.0 Å². The molecule has 0 bridgehead atoms. The molecule has 26 heavy (non-hydrogen) atoms. The van der Waals surface area contributed by atoms with Crippen molar-refractivity contribution in [3.05, 3.63) is 54.5 Å². The molecule has 8 nitrogen and oxygen atoms in total. The van der Waals surface area contributed by atoms with E-state index >= 15 is 0 Å². The van der Waals surface area contributed by atoms with Gasteiger partial charge in [0.15, 0.2) is 0 Å². The average molecular weight is 368 g/mol. The second-order valence-corrected chi connectivity index (χ2v) is 6.86. The maximum Gasteiger partial charge on any atom is 0.261 e. The van der Waals surface area contributed by atoms with Crippen molar-refractivity contribution in [1.82, 2.24) is 25.2 Å². The molecule has 0 spiro atoms. The maximum atomic E-state index is 12.6. The molecule has 1 aromatic carbocycles. The van der Waals surface area contributed by atoms with Crippen molar-refractivity contribution in [3.8, 4) is 11.6 Å². The monoisotopic (exact) mass is 368 g/mol. The second kappa shape index (κ2) is 7.52. The first-order valence-corrected chi connectivity index (χ1v) is 9.29. The van der Waals surface area contributed by atoms with Crippen molar-refractivity contribution in [2.75, 3.05) is 16.8 Å². The van der Waals surface area contributed by atoms with Gasteiger partial charge < -0.3 is 10.1 Å². The lowest BCUT2D eigenvalue weighted by Crippen LogP contribution is -2.20. The van der Waals surface area contributed by atoms with E-state index in [9.17, 15) is 4.79 Å². The Labute approximate surface area is 154 Å². The van der Waals surface area contributed by atoms with Gasteiger partial charge in [-0.3, -0.25) is 4.79 Å². The van der Waals surface area contributed by atoms with E-state index in [1.807, 2.05) is 23.9 Å². The fraction of sp³-hybridized carbons (Fsp3) is 0.235. The number of nitrogens with one attached hydrogen (secondary N) is 1. The van der Waals surface area contributed by atoms with Gasteiger partial charge in [-0.1, -0.05) is 0 Å². The van der Waals surface area contributed by atoms with Gasteiger partial charge in [-0.25, -0.2) is 9.67 Å². The fourth-order valence-corrected chi connectivity index (χ4v) is 3.69. The molecular formula is C17H16N6O2S. The topological polar surface area (TPSA) is 94.8 Å². The number of nitrogens with zero attached hydrogens (tertiary/aromatic N) is 5. The van der Waals surface area contributed by atoms with Gasteiger partial charge >= 0.3 is 0 Å².